The lowest BCUT2D eigenvalue weighted by molar-refractivity contribution is -0.147. The van der Waals surface area contributed by atoms with Crippen LogP contribution in [-0.2, 0) is 14.3 Å². The number of esters is 1. The Labute approximate surface area is 137 Å². The summed E-state index contributed by atoms with van der Waals surface area (Å²) in [6.45, 7) is 15.7. The van der Waals surface area contributed by atoms with Crippen LogP contribution in [0, 0.1) is 0 Å². The summed E-state index contributed by atoms with van der Waals surface area (Å²) >= 11 is 0. The lowest BCUT2D eigenvalue weighted by Crippen LogP contribution is -2.42. The lowest BCUT2D eigenvalue weighted by Gasteiger charge is -2.17. The number of rotatable bonds is 8. The SMILES string of the molecule is C.C=C(C)C(=O)NC(CCCCN)C(=O)OCC.CC.CC. The van der Waals surface area contributed by atoms with Gasteiger partial charge in [0.1, 0.15) is 6.04 Å². The molecule has 0 saturated heterocycles. The molecule has 5 heteroatoms. The summed E-state index contributed by atoms with van der Waals surface area (Å²) in [5, 5.41) is 2.61. The van der Waals surface area contributed by atoms with E-state index in [1.165, 1.54) is 0 Å². The Bertz CT molecular complexity index is 279. The van der Waals surface area contributed by atoms with Crippen molar-refractivity contribution < 1.29 is 14.3 Å². The van der Waals surface area contributed by atoms with E-state index in [-0.39, 0.29) is 13.3 Å². The van der Waals surface area contributed by atoms with Gasteiger partial charge in [-0.05, 0) is 39.7 Å². The van der Waals surface area contributed by atoms with E-state index in [9.17, 15) is 9.59 Å². The minimum atomic E-state index is -0.606. The summed E-state index contributed by atoms with van der Waals surface area (Å²) in [6, 6.07) is -0.606. The zero-order chi connectivity index (χ0) is 17.3. The van der Waals surface area contributed by atoms with Crippen molar-refractivity contribution in [2.75, 3.05) is 13.2 Å². The van der Waals surface area contributed by atoms with Crippen LogP contribution in [0.5, 0.6) is 0 Å². The fourth-order valence-corrected chi connectivity index (χ4v) is 1.27. The largest absolute Gasteiger partial charge is 0.464 e. The quantitative estimate of drug-likeness (QED) is 0.408. The monoisotopic (exact) mass is 318 g/mol. The predicted molar refractivity (Wildman–Crippen MR) is 95.7 cm³/mol. The van der Waals surface area contributed by atoms with Crippen molar-refractivity contribution in [3.63, 3.8) is 0 Å². The normalized spacial score (nSPS) is 9.59. The molecule has 0 aliphatic rings. The van der Waals surface area contributed by atoms with Crippen LogP contribution < -0.4 is 11.1 Å². The van der Waals surface area contributed by atoms with Gasteiger partial charge in [-0.2, -0.15) is 0 Å². The van der Waals surface area contributed by atoms with Gasteiger partial charge in [0.2, 0.25) is 5.91 Å². The van der Waals surface area contributed by atoms with Crippen molar-refractivity contribution in [1.29, 1.82) is 0 Å². The van der Waals surface area contributed by atoms with Crippen LogP contribution in [-0.4, -0.2) is 31.1 Å². The van der Waals surface area contributed by atoms with E-state index in [1.807, 2.05) is 27.7 Å². The van der Waals surface area contributed by atoms with Crippen molar-refractivity contribution in [1.82, 2.24) is 5.32 Å². The van der Waals surface area contributed by atoms with E-state index in [1.54, 1.807) is 13.8 Å². The Kier molecular flexibility index (Phi) is 28.7. The average Bonchev–Trinajstić information content (AvgIpc) is 2.50. The van der Waals surface area contributed by atoms with E-state index in [4.69, 9.17) is 10.5 Å². The van der Waals surface area contributed by atoms with Crippen molar-refractivity contribution in [2.45, 2.75) is 74.3 Å². The van der Waals surface area contributed by atoms with Crippen LogP contribution in [0.25, 0.3) is 0 Å². The maximum atomic E-state index is 11.6. The van der Waals surface area contributed by atoms with Gasteiger partial charge in [-0.3, -0.25) is 4.79 Å². The van der Waals surface area contributed by atoms with Gasteiger partial charge < -0.3 is 15.8 Å². The number of unbranched alkanes of at least 4 members (excludes halogenated alkanes) is 1. The van der Waals surface area contributed by atoms with E-state index in [0.29, 0.717) is 25.1 Å². The molecule has 5 nitrogen and oxygen atoms in total. The van der Waals surface area contributed by atoms with Crippen LogP contribution in [0.15, 0.2) is 12.2 Å². The van der Waals surface area contributed by atoms with Gasteiger partial charge in [-0.25, -0.2) is 4.79 Å². The molecule has 3 N–H and O–H groups in total. The second kappa shape index (κ2) is 21.9. The Morgan fingerprint density at radius 2 is 1.68 bits per heavy atom. The van der Waals surface area contributed by atoms with Gasteiger partial charge in [0, 0.05) is 5.57 Å². The fourth-order valence-electron chi connectivity index (χ4n) is 1.27. The molecule has 0 fully saturated rings. The smallest absolute Gasteiger partial charge is 0.328 e. The summed E-state index contributed by atoms with van der Waals surface area (Å²) in [6.07, 6.45) is 2.13. The van der Waals surface area contributed by atoms with Gasteiger partial charge in [0.05, 0.1) is 6.61 Å². The van der Waals surface area contributed by atoms with Crippen molar-refractivity contribution in [3.05, 3.63) is 12.2 Å². The number of nitrogens with one attached hydrogen (secondary N) is 1. The van der Waals surface area contributed by atoms with Gasteiger partial charge in [-0.15, -0.1) is 0 Å². The molecule has 0 bridgehead atoms. The molecule has 0 aromatic carbocycles. The highest BCUT2D eigenvalue weighted by Gasteiger charge is 2.21. The molecule has 0 spiro atoms. The first-order chi connectivity index (χ1) is 10.0. The third-order valence-electron chi connectivity index (χ3n) is 2.21. The molecule has 0 aromatic heterocycles. The number of carbonyl (C=O) groups is 2. The van der Waals surface area contributed by atoms with Gasteiger partial charge in [0.25, 0.3) is 0 Å². The number of hydrogen-bond acceptors (Lipinski definition) is 4. The second-order valence-corrected chi connectivity index (χ2v) is 3.84. The molecule has 0 aliphatic heterocycles. The minimum absolute atomic E-state index is 0. The molecule has 0 aromatic rings. The highest BCUT2D eigenvalue weighted by molar-refractivity contribution is 5.95. The molecule has 134 valence electrons. The standard InChI is InChI=1S/C12H22N2O3.2C2H6.CH4/c1-4-17-12(16)10(7-5-6-8-13)14-11(15)9(2)3;2*1-2;/h10H,2,4-8,13H2,1,3H3,(H,14,15);2*1-2H3;1H4. The van der Waals surface area contributed by atoms with E-state index >= 15 is 0 Å². The van der Waals surface area contributed by atoms with Gasteiger partial charge in [0.15, 0.2) is 0 Å². The molecule has 0 saturated carbocycles. The Morgan fingerprint density at radius 1 is 1.18 bits per heavy atom. The van der Waals surface area contributed by atoms with Crippen LogP contribution in [0.2, 0.25) is 0 Å². The number of ether oxygens (including phenoxy) is 1. The first-order valence-electron chi connectivity index (χ1n) is 7.86. The molecule has 0 rings (SSSR count). The lowest BCUT2D eigenvalue weighted by atomic mass is 10.1. The molecule has 1 atom stereocenters. The van der Waals surface area contributed by atoms with Crippen LogP contribution in [0.1, 0.15) is 68.2 Å². The van der Waals surface area contributed by atoms with Crippen molar-refractivity contribution in [2.24, 2.45) is 5.73 Å². The van der Waals surface area contributed by atoms with Crippen molar-refractivity contribution in [3.8, 4) is 0 Å². The molecular formula is C17H38N2O3. The molecule has 1 unspecified atom stereocenters. The Hall–Kier alpha value is -1.36. The summed E-state index contributed by atoms with van der Waals surface area (Å²) in [4.78, 5) is 23.0. The Morgan fingerprint density at radius 3 is 2.05 bits per heavy atom. The molecule has 1 amide bonds. The second-order valence-electron chi connectivity index (χ2n) is 3.84. The number of carbonyl (C=O) groups excluding carboxylic acids is 2. The molecule has 0 radical (unpaired) electrons. The first-order valence-corrected chi connectivity index (χ1v) is 7.86. The third-order valence-corrected chi connectivity index (χ3v) is 2.21. The number of hydrogen-bond donors (Lipinski definition) is 2. The highest BCUT2D eigenvalue weighted by Crippen LogP contribution is 2.04. The summed E-state index contributed by atoms with van der Waals surface area (Å²) in [5.74, 6) is -0.727. The molecular weight excluding hydrogens is 280 g/mol. The zero-order valence-electron chi connectivity index (χ0n) is 14.6. The van der Waals surface area contributed by atoms with Crippen molar-refractivity contribution >= 4 is 11.9 Å². The van der Waals surface area contributed by atoms with Crippen LogP contribution in [0.4, 0.5) is 0 Å². The molecule has 0 aliphatic carbocycles. The molecule has 0 heterocycles. The predicted octanol–water partition coefficient (Wildman–Crippen LogP) is 3.43. The number of nitrogens with two attached hydrogens (primary N) is 1. The topological polar surface area (TPSA) is 81.4 Å². The Balaban J connectivity index is -0.000000297. The summed E-state index contributed by atoms with van der Waals surface area (Å²) < 4.78 is 4.90. The van der Waals surface area contributed by atoms with Gasteiger partial charge >= 0.3 is 5.97 Å². The van der Waals surface area contributed by atoms with E-state index in [2.05, 4.69) is 11.9 Å². The summed E-state index contributed by atoms with van der Waals surface area (Å²) in [5.41, 5.74) is 5.75. The zero-order valence-corrected chi connectivity index (χ0v) is 14.6. The van der Waals surface area contributed by atoms with Crippen LogP contribution in [0.3, 0.4) is 0 Å². The van der Waals surface area contributed by atoms with E-state index in [0.717, 1.165) is 12.8 Å². The van der Waals surface area contributed by atoms with Crippen LogP contribution >= 0.6 is 0 Å². The van der Waals surface area contributed by atoms with E-state index < -0.39 is 12.0 Å². The number of amides is 1. The fraction of sp³-hybridized carbons (Fsp3) is 0.765. The maximum Gasteiger partial charge on any atom is 0.328 e. The summed E-state index contributed by atoms with van der Waals surface area (Å²) in [7, 11) is 0. The highest BCUT2D eigenvalue weighted by atomic mass is 16.5. The molecule has 22 heavy (non-hydrogen) atoms. The maximum absolute atomic E-state index is 11.6. The van der Waals surface area contributed by atoms with Gasteiger partial charge in [-0.1, -0.05) is 41.7 Å². The first kappa shape index (κ1) is 28.8. The minimum Gasteiger partial charge on any atom is -0.464 e. The third kappa shape index (κ3) is 16.7. The average molecular weight is 319 g/mol.